The van der Waals surface area contributed by atoms with E-state index in [0.717, 1.165) is 23.3 Å². The zero-order valence-electron chi connectivity index (χ0n) is 10.7. The predicted molar refractivity (Wildman–Crippen MR) is 75.3 cm³/mol. The van der Waals surface area contributed by atoms with Crippen molar-refractivity contribution in [3.05, 3.63) is 51.7 Å². The van der Waals surface area contributed by atoms with Gasteiger partial charge in [-0.25, -0.2) is 0 Å². The average molecular weight is 262 g/mol. The van der Waals surface area contributed by atoms with Gasteiger partial charge in [-0.2, -0.15) is 0 Å². The van der Waals surface area contributed by atoms with Crippen LogP contribution in [0.15, 0.2) is 35.7 Å². The van der Waals surface area contributed by atoms with Gasteiger partial charge in [0.05, 0.1) is 6.61 Å². The number of hydrogen-bond donors (Lipinski definition) is 1. The number of rotatable bonds is 5. The average Bonchev–Trinajstić information content (AvgIpc) is 2.82. The van der Waals surface area contributed by atoms with Crippen molar-refractivity contribution in [2.24, 2.45) is 0 Å². The van der Waals surface area contributed by atoms with Gasteiger partial charge >= 0.3 is 0 Å². The topological polar surface area (TPSA) is 29.5 Å². The fourth-order valence-electron chi connectivity index (χ4n) is 1.79. The Balaban J connectivity index is 2.17. The van der Waals surface area contributed by atoms with E-state index in [1.807, 2.05) is 42.6 Å². The SMILES string of the molecule is CCCOc1cccc(C(O)c2csc(C)c2)c1. The molecule has 0 spiro atoms. The third-order valence-corrected chi connectivity index (χ3v) is 3.59. The molecule has 96 valence electrons. The summed E-state index contributed by atoms with van der Waals surface area (Å²) in [5, 5.41) is 12.3. The minimum atomic E-state index is -0.569. The summed E-state index contributed by atoms with van der Waals surface area (Å²) in [4.78, 5) is 1.21. The van der Waals surface area contributed by atoms with E-state index in [1.165, 1.54) is 4.88 Å². The Labute approximate surface area is 112 Å². The number of thiophene rings is 1. The summed E-state index contributed by atoms with van der Waals surface area (Å²) in [5.41, 5.74) is 1.83. The van der Waals surface area contributed by atoms with Gasteiger partial charge in [0, 0.05) is 4.88 Å². The van der Waals surface area contributed by atoms with E-state index >= 15 is 0 Å². The number of aliphatic hydroxyl groups excluding tert-OH is 1. The van der Waals surface area contributed by atoms with E-state index in [9.17, 15) is 5.11 Å². The molecule has 2 nitrogen and oxygen atoms in total. The fourth-order valence-corrected chi connectivity index (χ4v) is 2.52. The van der Waals surface area contributed by atoms with Crippen LogP contribution < -0.4 is 4.74 Å². The molecule has 0 saturated heterocycles. The molecule has 0 amide bonds. The maximum Gasteiger partial charge on any atom is 0.119 e. The Morgan fingerprint density at radius 1 is 1.28 bits per heavy atom. The highest BCUT2D eigenvalue weighted by Crippen LogP contribution is 2.28. The lowest BCUT2D eigenvalue weighted by atomic mass is 10.0. The minimum absolute atomic E-state index is 0.569. The van der Waals surface area contributed by atoms with Crippen LogP contribution in [0.5, 0.6) is 5.75 Å². The van der Waals surface area contributed by atoms with Gasteiger partial charge in [0.1, 0.15) is 11.9 Å². The van der Waals surface area contributed by atoms with Crippen molar-refractivity contribution in [2.45, 2.75) is 26.4 Å². The lowest BCUT2D eigenvalue weighted by molar-refractivity contribution is 0.220. The molecular weight excluding hydrogens is 244 g/mol. The smallest absolute Gasteiger partial charge is 0.119 e. The highest BCUT2D eigenvalue weighted by molar-refractivity contribution is 7.10. The van der Waals surface area contributed by atoms with Gasteiger partial charge in [-0.15, -0.1) is 11.3 Å². The number of benzene rings is 1. The molecule has 0 fully saturated rings. The zero-order chi connectivity index (χ0) is 13.0. The molecule has 1 aromatic heterocycles. The van der Waals surface area contributed by atoms with Gasteiger partial charge in [0.15, 0.2) is 0 Å². The highest BCUT2D eigenvalue weighted by atomic mass is 32.1. The lowest BCUT2D eigenvalue weighted by Gasteiger charge is -2.11. The molecule has 0 aliphatic rings. The third-order valence-electron chi connectivity index (χ3n) is 2.71. The van der Waals surface area contributed by atoms with Crippen molar-refractivity contribution in [1.29, 1.82) is 0 Å². The molecule has 0 aliphatic carbocycles. The van der Waals surface area contributed by atoms with Gasteiger partial charge in [0.2, 0.25) is 0 Å². The van der Waals surface area contributed by atoms with Crippen molar-refractivity contribution in [2.75, 3.05) is 6.61 Å². The molecule has 3 heteroatoms. The van der Waals surface area contributed by atoms with Crippen molar-refractivity contribution >= 4 is 11.3 Å². The van der Waals surface area contributed by atoms with Crippen LogP contribution in [0.2, 0.25) is 0 Å². The van der Waals surface area contributed by atoms with Crippen LogP contribution in [0.4, 0.5) is 0 Å². The van der Waals surface area contributed by atoms with Gasteiger partial charge in [-0.3, -0.25) is 0 Å². The lowest BCUT2D eigenvalue weighted by Crippen LogP contribution is -2.00. The Bertz CT molecular complexity index is 505. The number of aryl methyl sites for hydroxylation is 1. The summed E-state index contributed by atoms with van der Waals surface area (Å²) in [6, 6.07) is 9.70. The quantitative estimate of drug-likeness (QED) is 0.884. The molecule has 1 N–H and O–H groups in total. The number of aliphatic hydroxyl groups is 1. The highest BCUT2D eigenvalue weighted by Gasteiger charge is 2.12. The van der Waals surface area contributed by atoms with Gasteiger partial charge in [-0.1, -0.05) is 19.1 Å². The van der Waals surface area contributed by atoms with E-state index in [4.69, 9.17) is 4.74 Å². The molecule has 2 rings (SSSR count). The van der Waals surface area contributed by atoms with Crippen molar-refractivity contribution in [3.63, 3.8) is 0 Å². The Kier molecular flexibility index (Phi) is 4.39. The van der Waals surface area contributed by atoms with E-state index in [1.54, 1.807) is 11.3 Å². The first kappa shape index (κ1) is 13.1. The van der Waals surface area contributed by atoms with E-state index < -0.39 is 6.10 Å². The Morgan fingerprint density at radius 3 is 2.78 bits per heavy atom. The largest absolute Gasteiger partial charge is 0.494 e. The first-order valence-corrected chi connectivity index (χ1v) is 7.04. The van der Waals surface area contributed by atoms with Gasteiger partial charge < -0.3 is 9.84 Å². The van der Waals surface area contributed by atoms with Crippen LogP contribution in [0.1, 0.15) is 35.5 Å². The van der Waals surface area contributed by atoms with Crippen LogP contribution in [0, 0.1) is 6.92 Å². The van der Waals surface area contributed by atoms with E-state index in [-0.39, 0.29) is 0 Å². The van der Waals surface area contributed by atoms with Crippen molar-refractivity contribution < 1.29 is 9.84 Å². The maximum atomic E-state index is 10.3. The van der Waals surface area contributed by atoms with Crippen molar-refractivity contribution in [1.82, 2.24) is 0 Å². The standard InChI is InChI=1S/C15H18O2S/c1-3-7-17-14-6-4-5-12(9-14)15(16)13-8-11(2)18-10-13/h4-6,8-10,15-16H,3,7H2,1-2H3. The molecule has 0 radical (unpaired) electrons. The monoisotopic (exact) mass is 262 g/mol. The summed E-state index contributed by atoms with van der Waals surface area (Å²) >= 11 is 1.65. The third kappa shape index (κ3) is 3.12. The molecule has 2 aromatic rings. The second-order valence-electron chi connectivity index (χ2n) is 4.31. The van der Waals surface area contributed by atoms with Gasteiger partial charge in [0.25, 0.3) is 0 Å². The van der Waals surface area contributed by atoms with E-state index in [2.05, 4.69) is 6.92 Å². The minimum Gasteiger partial charge on any atom is -0.494 e. The van der Waals surface area contributed by atoms with Crippen LogP contribution in [0.3, 0.4) is 0 Å². The number of ether oxygens (including phenoxy) is 1. The molecule has 18 heavy (non-hydrogen) atoms. The Morgan fingerprint density at radius 2 is 2.11 bits per heavy atom. The summed E-state index contributed by atoms with van der Waals surface area (Å²) < 4.78 is 5.58. The summed E-state index contributed by atoms with van der Waals surface area (Å²) in [6.45, 7) is 4.83. The second kappa shape index (κ2) is 6.03. The molecular formula is C15H18O2S. The molecule has 0 aliphatic heterocycles. The summed E-state index contributed by atoms with van der Waals surface area (Å²) in [6.07, 6.45) is 0.413. The molecule has 1 aromatic carbocycles. The van der Waals surface area contributed by atoms with Crippen LogP contribution >= 0.6 is 11.3 Å². The number of hydrogen-bond acceptors (Lipinski definition) is 3. The maximum absolute atomic E-state index is 10.3. The summed E-state index contributed by atoms with van der Waals surface area (Å²) in [7, 11) is 0. The molecule has 0 saturated carbocycles. The molecule has 1 atom stereocenters. The molecule has 1 unspecified atom stereocenters. The molecule has 1 heterocycles. The first-order chi connectivity index (χ1) is 8.70. The zero-order valence-corrected chi connectivity index (χ0v) is 11.5. The Hall–Kier alpha value is -1.32. The van der Waals surface area contributed by atoms with Crippen LogP contribution in [-0.2, 0) is 0 Å². The van der Waals surface area contributed by atoms with Crippen molar-refractivity contribution in [3.8, 4) is 5.75 Å². The normalized spacial score (nSPS) is 12.4. The van der Waals surface area contributed by atoms with Crippen LogP contribution in [0.25, 0.3) is 0 Å². The first-order valence-electron chi connectivity index (χ1n) is 6.16. The van der Waals surface area contributed by atoms with E-state index in [0.29, 0.717) is 6.61 Å². The molecule has 0 bridgehead atoms. The summed E-state index contributed by atoms with van der Waals surface area (Å²) in [5.74, 6) is 0.820. The predicted octanol–water partition coefficient (Wildman–Crippen LogP) is 3.93. The van der Waals surface area contributed by atoms with Crippen LogP contribution in [-0.4, -0.2) is 11.7 Å². The van der Waals surface area contributed by atoms with Gasteiger partial charge in [-0.05, 0) is 48.1 Å². The fraction of sp³-hybridized carbons (Fsp3) is 0.333. The second-order valence-corrected chi connectivity index (χ2v) is 5.43.